The van der Waals surface area contributed by atoms with E-state index in [9.17, 15) is 9.59 Å². The number of hydrogen-bond donors (Lipinski definition) is 1. The highest BCUT2D eigenvalue weighted by Crippen LogP contribution is 2.44. The molecule has 0 aromatic carbocycles. The first-order valence-corrected chi connectivity index (χ1v) is 5.53. The summed E-state index contributed by atoms with van der Waals surface area (Å²) in [5.41, 5.74) is -0.0430. The molecular formula is C8H8ClNO3S. The van der Waals surface area contributed by atoms with Crippen LogP contribution >= 0.6 is 23.4 Å². The average Bonchev–Trinajstić information content (AvgIpc) is 2.15. The van der Waals surface area contributed by atoms with Gasteiger partial charge in [0.05, 0.1) is 16.3 Å². The Morgan fingerprint density at radius 1 is 1.71 bits per heavy atom. The van der Waals surface area contributed by atoms with E-state index >= 15 is 0 Å². The van der Waals surface area contributed by atoms with Crippen LogP contribution in [0.3, 0.4) is 0 Å². The van der Waals surface area contributed by atoms with Crippen molar-refractivity contribution in [2.45, 2.75) is 12.3 Å². The second-order valence-electron chi connectivity index (χ2n) is 3.26. The van der Waals surface area contributed by atoms with Gasteiger partial charge < -0.3 is 5.11 Å². The van der Waals surface area contributed by atoms with Gasteiger partial charge in [-0.05, 0) is 0 Å². The molecule has 2 aliphatic heterocycles. The Balaban J connectivity index is 2.37. The number of hydrogen-bond acceptors (Lipinski definition) is 3. The van der Waals surface area contributed by atoms with Crippen LogP contribution in [-0.2, 0) is 9.59 Å². The second-order valence-corrected chi connectivity index (χ2v) is 4.82. The van der Waals surface area contributed by atoms with Crippen LogP contribution in [0.15, 0.2) is 10.7 Å². The third-order valence-electron chi connectivity index (χ3n) is 2.39. The normalized spacial score (nSPS) is 31.3. The zero-order chi connectivity index (χ0) is 10.5. The molecule has 0 radical (unpaired) electrons. The summed E-state index contributed by atoms with van der Waals surface area (Å²) >= 11 is 7.27. The standard InChI is InChI=1S/C8H8ClNO3S/c1-3-6(11)10-5(8(12)13)4(9)2-14-7(3)10/h3,7H,2H2,1H3,(H,12,13)/t3-,7?/m1/s1. The molecule has 14 heavy (non-hydrogen) atoms. The van der Waals surface area contributed by atoms with E-state index in [4.69, 9.17) is 16.7 Å². The number of nitrogens with zero attached hydrogens (tertiary/aromatic N) is 1. The number of aliphatic carboxylic acids is 1. The molecule has 2 heterocycles. The molecule has 1 amide bonds. The fourth-order valence-corrected chi connectivity index (χ4v) is 3.22. The maximum Gasteiger partial charge on any atom is 0.353 e. The van der Waals surface area contributed by atoms with Gasteiger partial charge in [-0.1, -0.05) is 18.5 Å². The highest BCUT2D eigenvalue weighted by Gasteiger charge is 2.50. The van der Waals surface area contributed by atoms with Gasteiger partial charge in [-0.3, -0.25) is 9.69 Å². The largest absolute Gasteiger partial charge is 0.477 e. The molecule has 2 atom stereocenters. The van der Waals surface area contributed by atoms with Crippen LogP contribution in [0, 0.1) is 5.92 Å². The lowest BCUT2D eigenvalue weighted by Crippen LogP contribution is -2.60. The van der Waals surface area contributed by atoms with Crippen molar-refractivity contribution in [2.75, 3.05) is 5.75 Å². The van der Waals surface area contributed by atoms with Gasteiger partial charge in [0.2, 0.25) is 5.91 Å². The van der Waals surface area contributed by atoms with Crippen LogP contribution in [0.2, 0.25) is 0 Å². The Hall–Kier alpha value is -0.680. The molecule has 1 unspecified atom stereocenters. The predicted octanol–water partition coefficient (Wildman–Crippen LogP) is 1.07. The van der Waals surface area contributed by atoms with Gasteiger partial charge in [0.15, 0.2) is 0 Å². The van der Waals surface area contributed by atoms with Crippen molar-refractivity contribution in [1.29, 1.82) is 0 Å². The topological polar surface area (TPSA) is 57.6 Å². The molecule has 0 saturated carbocycles. The summed E-state index contributed by atoms with van der Waals surface area (Å²) in [7, 11) is 0. The van der Waals surface area contributed by atoms with Crippen molar-refractivity contribution >= 4 is 35.2 Å². The van der Waals surface area contributed by atoms with Gasteiger partial charge in [0.1, 0.15) is 5.70 Å². The number of fused-ring (bicyclic) bond motifs is 1. The van der Waals surface area contributed by atoms with Crippen molar-refractivity contribution in [3.05, 3.63) is 10.7 Å². The molecule has 0 spiro atoms. The summed E-state index contributed by atoms with van der Waals surface area (Å²) in [5.74, 6) is -0.903. The van der Waals surface area contributed by atoms with Gasteiger partial charge >= 0.3 is 5.97 Å². The summed E-state index contributed by atoms with van der Waals surface area (Å²) < 4.78 is 0. The van der Waals surface area contributed by atoms with Crippen LogP contribution in [-0.4, -0.2) is 33.0 Å². The molecule has 0 aromatic heterocycles. The lowest BCUT2D eigenvalue weighted by molar-refractivity contribution is -0.151. The van der Waals surface area contributed by atoms with E-state index in [0.29, 0.717) is 5.75 Å². The van der Waals surface area contributed by atoms with Crippen molar-refractivity contribution < 1.29 is 14.7 Å². The lowest BCUT2D eigenvalue weighted by atomic mass is 9.99. The quantitative estimate of drug-likeness (QED) is 0.689. The van der Waals surface area contributed by atoms with E-state index in [1.54, 1.807) is 6.92 Å². The van der Waals surface area contributed by atoms with E-state index in [0.717, 1.165) is 0 Å². The Labute approximate surface area is 89.9 Å². The molecule has 0 bridgehead atoms. The molecule has 2 aliphatic rings. The molecule has 2 rings (SSSR count). The second kappa shape index (κ2) is 3.17. The zero-order valence-electron chi connectivity index (χ0n) is 7.36. The van der Waals surface area contributed by atoms with Gasteiger partial charge in [-0.25, -0.2) is 4.79 Å². The SMILES string of the molecule is C[C@@H]1C(=O)N2C(C(=O)O)=C(Cl)CSC12. The molecule has 1 fully saturated rings. The number of rotatable bonds is 1. The fraction of sp³-hybridized carbons (Fsp3) is 0.500. The molecule has 76 valence electrons. The molecule has 4 nitrogen and oxygen atoms in total. The van der Waals surface area contributed by atoms with E-state index < -0.39 is 5.97 Å². The smallest absolute Gasteiger partial charge is 0.353 e. The predicted molar refractivity (Wildman–Crippen MR) is 52.8 cm³/mol. The summed E-state index contributed by atoms with van der Waals surface area (Å²) in [6.45, 7) is 1.80. The van der Waals surface area contributed by atoms with Crippen molar-refractivity contribution in [1.82, 2.24) is 4.90 Å². The van der Waals surface area contributed by atoms with Gasteiger partial charge in [-0.15, -0.1) is 11.8 Å². The van der Waals surface area contributed by atoms with E-state index in [-0.39, 0.29) is 27.9 Å². The van der Waals surface area contributed by atoms with Crippen LogP contribution in [0.4, 0.5) is 0 Å². The summed E-state index contributed by atoms with van der Waals surface area (Å²) in [5, 5.41) is 9.09. The number of amides is 1. The number of β-lactam (4-membered cyclic amide) rings is 1. The molecule has 0 aliphatic carbocycles. The lowest BCUT2D eigenvalue weighted by Gasteiger charge is -2.47. The minimum Gasteiger partial charge on any atom is -0.477 e. The minimum absolute atomic E-state index is 0.0430. The first kappa shape index (κ1) is 9.86. The van der Waals surface area contributed by atoms with Gasteiger partial charge in [-0.2, -0.15) is 0 Å². The van der Waals surface area contributed by atoms with Crippen LogP contribution < -0.4 is 0 Å². The average molecular weight is 234 g/mol. The summed E-state index contributed by atoms with van der Waals surface area (Å²) in [6, 6.07) is 0. The minimum atomic E-state index is -1.12. The fourth-order valence-electron chi connectivity index (χ4n) is 1.64. The highest BCUT2D eigenvalue weighted by atomic mass is 35.5. The van der Waals surface area contributed by atoms with Crippen molar-refractivity contribution in [3.8, 4) is 0 Å². The van der Waals surface area contributed by atoms with E-state index in [1.807, 2.05) is 0 Å². The summed E-state index contributed by atoms with van der Waals surface area (Å²) in [6.07, 6.45) is 0. The van der Waals surface area contributed by atoms with Crippen molar-refractivity contribution in [2.24, 2.45) is 5.92 Å². The van der Waals surface area contributed by atoms with Crippen molar-refractivity contribution in [3.63, 3.8) is 0 Å². The maximum atomic E-state index is 11.4. The van der Waals surface area contributed by atoms with E-state index in [2.05, 4.69) is 0 Å². The Morgan fingerprint density at radius 2 is 2.36 bits per heavy atom. The van der Waals surface area contributed by atoms with Crippen LogP contribution in [0.1, 0.15) is 6.92 Å². The first-order valence-electron chi connectivity index (χ1n) is 4.10. The number of halogens is 1. The maximum absolute atomic E-state index is 11.4. The molecule has 1 saturated heterocycles. The molecular weight excluding hydrogens is 226 g/mol. The van der Waals surface area contributed by atoms with E-state index in [1.165, 1.54) is 16.7 Å². The van der Waals surface area contributed by atoms with Crippen LogP contribution in [0.25, 0.3) is 0 Å². The monoisotopic (exact) mass is 233 g/mol. The van der Waals surface area contributed by atoms with Gasteiger partial charge in [0, 0.05) is 5.75 Å². The number of carboxylic acids is 1. The third kappa shape index (κ3) is 1.15. The number of thioether (sulfide) groups is 1. The highest BCUT2D eigenvalue weighted by molar-refractivity contribution is 8.00. The summed E-state index contributed by atoms with van der Waals surface area (Å²) in [4.78, 5) is 23.6. The first-order chi connectivity index (χ1) is 6.54. The third-order valence-corrected chi connectivity index (χ3v) is 4.28. The molecule has 6 heteroatoms. The number of carboxylic acid groups (broad SMARTS) is 1. The molecule has 1 N–H and O–H groups in total. The Morgan fingerprint density at radius 3 is 2.93 bits per heavy atom. The van der Waals surface area contributed by atoms with Gasteiger partial charge in [0.25, 0.3) is 0 Å². The Bertz CT molecular complexity index is 354. The molecule has 0 aromatic rings. The Kier molecular flexibility index (Phi) is 2.23. The number of carbonyl (C=O) groups excluding carboxylic acids is 1. The number of carbonyl (C=O) groups is 2. The zero-order valence-corrected chi connectivity index (χ0v) is 8.93. The van der Waals surface area contributed by atoms with Crippen LogP contribution in [0.5, 0.6) is 0 Å².